The summed E-state index contributed by atoms with van der Waals surface area (Å²) in [5, 5.41) is 0. The molecule has 3 rings (SSSR count). The van der Waals surface area contributed by atoms with Crippen LogP contribution in [0.4, 0.5) is 10.2 Å². The Kier molecular flexibility index (Phi) is 6.27. The van der Waals surface area contributed by atoms with E-state index in [2.05, 4.69) is 25.8 Å². The second-order valence-corrected chi connectivity index (χ2v) is 7.82. The van der Waals surface area contributed by atoms with Crippen molar-refractivity contribution in [1.82, 2.24) is 4.98 Å². The molecule has 0 saturated carbocycles. The Labute approximate surface area is 171 Å². The molecule has 5 heteroatoms. The van der Waals surface area contributed by atoms with Crippen LogP contribution in [0.5, 0.6) is 5.75 Å². The van der Waals surface area contributed by atoms with Crippen molar-refractivity contribution in [3.05, 3.63) is 89.9 Å². The second-order valence-electron chi connectivity index (χ2n) is 7.82. The van der Waals surface area contributed by atoms with E-state index in [0.29, 0.717) is 17.1 Å². The van der Waals surface area contributed by atoms with E-state index in [0.717, 1.165) is 0 Å². The van der Waals surface area contributed by atoms with Crippen molar-refractivity contribution in [2.45, 2.75) is 32.7 Å². The topological polar surface area (TPSA) is 42.4 Å². The number of benzene rings is 2. The van der Waals surface area contributed by atoms with Gasteiger partial charge in [0.1, 0.15) is 17.4 Å². The summed E-state index contributed by atoms with van der Waals surface area (Å²) in [6, 6.07) is 19.4. The van der Waals surface area contributed by atoms with Crippen LogP contribution in [-0.4, -0.2) is 17.5 Å². The maximum Gasteiger partial charge on any atom is 0.266 e. The Hall–Kier alpha value is -3.21. The lowest BCUT2D eigenvalue weighted by molar-refractivity contribution is -0.120. The lowest BCUT2D eigenvalue weighted by Gasteiger charge is -2.22. The second kappa shape index (κ2) is 8.86. The van der Waals surface area contributed by atoms with Crippen molar-refractivity contribution in [2.75, 3.05) is 11.5 Å². The van der Waals surface area contributed by atoms with Gasteiger partial charge < -0.3 is 4.74 Å². The molecule has 0 unspecified atom stereocenters. The van der Waals surface area contributed by atoms with Crippen LogP contribution in [0.2, 0.25) is 0 Å². The third-order valence-electron chi connectivity index (χ3n) is 4.60. The molecule has 0 N–H and O–H groups in total. The molecule has 1 amide bonds. The summed E-state index contributed by atoms with van der Waals surface area (Å²) in [6.45, 7) is 6.33. The summed E-state index contributed by atoms with van der Waals surface area (Å²) in [6.07, 6.45) is 1.60. The number of amides is 1. The highest BCUT2D eigenvalue weighted by molar-refractivity contribution is 5.93. The van der Waals surface area contributed by atoms with Gasteiger partial charge in [0.05, 0.1) is 6.54 Å². The van der Waals surface area contributed by atoms with E-state index in [1.54, 1.807) is 42.6 Å². The van der Waals surface area contributed by atoms with Crippen LogP contribution in [0.15, 0.2) is 72.9 Å². The van der Waals surface area contributed by atoms with E-state index in [1.807, 2.05) is 24.3 Å². The maximum atomic E-state index is 14.1. The predicted octanol–water partition coefficient (Wildman–Crippen LogP) is 5.13. The average Bonchev–Trinajstić information content (AvgIpc) is 2.72. The molecule has 3 aromatic rings. The molecule has 29 heavy (non-hydrogen) atoms. The summed E-state index contributed by atoms with van der Waals surface area (Å²) in [7, 11) is 0. The highest BCUT2D eigenvalue weighted by Gasteiger charge is 2.20. The highest BCUT2D eigenvalue weighted by atomic mass is 19.1. The number of ether oxygens (including phenoxy) is 1. The number of pyridine rings is 1. The Morgan fingerprint density at radius 1 is 1.00 bits per heavy atom. The molecule has 1 heterocycles. The fourth-order valence-corrected chi connectivity index (χ4v) is 2.88. The van der Waals surface area contributed by atoms with Gasteiger partial charge in [0.15, 0.2) is 6.61 Å². The summed E-state index contributed by atoms with van der Waals surface area (Å²) < 4.78 is 19.8. The van der Waals surface area contributed by atoms with Gasteiger partial charge in [-0.3, -0.25) is 9.69 Å². The van der Waals surface area contributed by atoms with Crippen LogP contribution < -0.4 is 9.64 Å². The van der Waals surface area contributed by atoms with Gasteiger partial charge in [-0.05, 0) is 41.3 Å². The van der Waals surface area contributed by atoms with Gasteiger partial charge >= 0.3 is 0 Å². The Balaban J connectivity index is 1.74. The molecule has 0 aliphatic heterocycles. The van der Waals surface area contributed by atoms with Crippen molar-refractivity contribution in [3.63, 3.8) is 0 Å². The summed E-state index contributed by atoms with van der Waals surface area (Å²) >= 11 is 0. The fraction of sp³-hybridized carbons (Fsp3) is 0.250. The monoisotopic (exact) mass is 392 g/mol. The molecule has 1 aromatic heterocycles. The van der Waals surface area contributed by atoms with Crippen molar-refractivity contribution < 1.29 is 13.9 Å². The van der Waals surface area contributed by atoms with Gasteiger partial charge in [-0.1, -0.05) is 57.2 Å². The number of carbonyl (C=O) groups excluding carboxylic acids is 1. The van der Waals surface area contributed by atoms with Crippen LogP contribution in [-0.2, 0) is 16.8 Å². The lowest BCUT2D eigenvalue weighted by atomic mass is 9.87. The minimum Gasteiger partial charge on any atom is -0.484 e. The van der Waals surface area contributed by atoms with Crippen LogP contribution in [0, 0.1) is 5.82 Å². The zero-order chi connectivity index (χ0) is 20.9. The normalized spacial score (nSPS) is 11.2. The molecule has 0 atom stereocenters. The first-order valence-electron chi connectivity index (χ1n) is 9.53. The minimum absolute atomic E-state index is 0.0455. The summed E-state index contributed by atoms with van der Waals surface area (Å²) in [4.78, 5) is 18.6. The molecule has 150 valence electrons. The van der Waals surface area contributed by atoms with E-state index in [4.69, 9.17) is 4.74 Å². The molecule has 4 nitrogen and oxygen atoms in total. The third kappa shape index (κ3) is 5.41. The first-order valence-corrected chi connectivity index (χ1v) is 9.53. The number of hydrogen-bond donors (Lipinski definition) is 0. The van der Waals surface area contributed by atoms with E-state index < -0.39 is 0 Å². The van der Waals surface area contributed by atoms with Gasteiger partial charge in [-0.25, -0.2) is 9.37 Å². The molecule has 2 aromatic carbocycles. The molecule has 0 aliphatic rings. The number of halogens is 1. The van der Waals surface area contributed by atoms with Gasteiger partial charge in [-0.15, -0.1) is 0 Å². The van der Waals surface area contributed by atoms with Crippen molar-refractivity contribution >= 4 is 11.7 Å². The number of rotatable bonds is 6. The minimum atomic E-state index is -0.361. The van der Waals surface area contributed by atoms with E-state index in [1.165, 1.54) is 16.5 Å². The van der Waals surface area contributed by atoms with Crippen molar-refractivity contribution in [3.8, 4) is 5.75 Å². The average molecular weight is 392 g/mol. The largest absolute Gasteiger partial charge is 0.484 e. The number of nitrogens with zero attached hydrogens (tertiary/aromatic N) is 2. The van der Waals surface area contributed by atoms with Gasteiger partial charge in [0, 0.05) is 11.8 Å². The molecular weight excluding hydrogens is 367 g/mol. The summed E-state index contributed by atoms with van der Waals surface area (Å²) in [5.74, 6) is 0.400. The molecule has 0 aliphatic carbocycles. The Morgan fingerprint density at radius 2 is 1.69 bits per heavy atom. The van der Waals surface area contributed by atoms with E-state index in [-0.39, 0.29) is 30.3 Å². The number of carbonyl (C=O) groups is 1. The highest BCUT2D eigenvalue weighted by Crippen LogP contribution is 2.24. The third-order valence-corrected chi connectivity index (χ3v) is 4.60. The zero-order valence-corrected chi connectivity index (χ0v) is 16.9. The lowest BCUT2D eigenvalue weighted by Crippen LogP contribution is -2.35. The number of hydrogen-bond acceptors (Lipinski definition) is 3. The molecule has 0 bridgehead atoms. The molecule has 0 spiro atoms. The molecular formula is C24H25FN2O2. The smallest absolute Gasteiger partial charge is 0.266 e. The first-order chi connectivity index (χ1) is 13.8. The van der Waals surface area contributed by atoms with Crippen molar-refractivity contribution in [2.24, 2.45) is 0 Å². The Morgan fingerprint density at radius 3 is 2.31 bits per heavy atom. The fourth-order valence-electron chi connectivity index (χ4n) is 2.88. The standard InChI is InChI=1S/C24H25FN2O2/c1-24(2,3)19-11-13-20(14-12-19)29-17-23(28)27(22-10-6-7-15-26-22)16-18-8-4-5-9-21(18)25/h4-15H,16-17H2,1-3H3. The van der Waals surface area contributed by atoms with E-state index in [9.17, 15) is 9.18 Å². The van der Waals surface area contributed by atoms with Crippen LogP contribution in [0.3, 0.4) is 0 Å². The summed E-state index contributed by atoms with van der Waals surface area (Å²) in [5.41, 5.74) is 1.65. The quantitative estimate of drug-likeness (QED) is 0.584. The molecule has 0 fully saturated rings. The molecule has 0 saturated heterocycles. The van der Waals surface area contributed by atoms with Crippen LogP contribution in [0.25, 0.3) is 0 Å². The van der Waals surface area contributed by atoms with Gasteiger partial charge in [0.2, 0.25) is 0 Å². The predicted molar refractivity (Wildman–Crippen MR) is 112 cm³/mol. The van der Waals surface area contributed by atoms with Gasteiger partial charge in [0.25, 0.3) is 5.91 Å². The Bertz CT molecular complexity index is 951. The number of anilines is 1. The van der Waals surface area contributed by atoms with Gasteiger partial charge in [-0.2, -0.15) is 0 Å². The maximum absolute atomic E-state index is 14.1. The number of aromatic nitrogens is 1. The SMILES string of the molecule is CC(C)(C)c1ccc(OCC(=O)N(Cc2ccccc2F)c2ccccn2)cc1. The molecule has 0 radical (unpaired) electrons. The van der Waals surface area contributed by atoms with Crippen molar-refractivity contribution in [1.29, 1.82) is 0 Å². The van der Waals surface area contributed by atoms with Crippen LogP contribution in [0.1, 0.15) is 31.9 Å². The first kappa shape index (κ1) is 20.5. The zero-order valence-electron chi connectivity index (χ0n) is 16.9. The van der Waals surface area contributed by atoms with E-state index >= 15 is 0 Å². The van der Waals surface area contributed by atoms with Crippen LogP contribution >= 0.6 is 0 Å².